The minimum Gasteiger partial charge on any atom is -0.484 e. The minimum atomic E-state index is -0.564. The van der Waals surface area contributed by atoms with Gasteiger partial charge in [0.05, 0.1) is 5.02 Å². The first-order chi connectivity index (χ1) is 9.54. The number of benzene rings is 1. The average molecular weight is 301 g/mol. The second-order valence-electron chi connectivity index (χ2n) is 5.04. The summed E-state index contributed by atoms with van der Waals surface area (Å²) in [5.41, 5.74) is 5.81. The van der Waals surface area contributed by atoms with Crippen LogP contribution in [0.15, 0.2) is 18.2 Å². The first-order valence-electron chi connectivity index (χ1n) is 6.67. The van der Waals surface area contributed by atoms with Gasteiger partial charge < -0.3 is 15.8 Å². The summed E-state index contributed by atoms with van der Waals surface area (Å²) in [6.07, 6.45) is 3.63. The van der Waals surface area contributed by atoms with Crippen LogP contribution in [0.25, 0.3) is 0 Å². The van der Waals surface area contributed by atoms with Gasteiger partial charge in [0.1, 0.15) is 11.6 Å². The molecule has 3 N–H and O–H groups in total. The molecule has 1 aliphatic rings. The predicted molar refractivity (Wildman–Crippen MR) is 75.3 cm³/mol. The van der Waals surface area contributed by atoms with E-state index in [2.05, 4.69) is 5.32 Å². The van der Waals surface area contributed by atoms with E-state index in [4.69, 9.17) is 22.1 Å². The molecule has 0 saturated heterocycles. The van der Waals surface area contributed by atoms with Crippen molar-refractivity contribution in [3.63, 3.8) is 0 Å². The zero-order chi connectivity index (χ0) is 14.5. The van der Waals surface area contributed by atoms with Gasteiger partial charge in [-0.2, -0.15) is 0 Å². The van der Waals surface area contributed by atoms with Crippen LogP contribution in [0, 0.1) is 5.82 Å². The molecule has 1 aliphatic carbocycles. The molecule has 1 aromatic carbocycles. The molecule has 2 rings (SSSR count). The molecule has 1 aromatic rings. The Balaban J connectivity index is 1.76. The van der Waals surface area contributed by atoms with Crippen LogP contribution in [0.4, 0.5) is 4.39 Å². The van der Waals surface area contributed by atoms with Gasteiger partial charge in [0.25, 0.3) is 5.91 Å². The molecule has 6 heteroatoms. The number of hydrogen-bond donors (Lipinski definition) is 2. The summed E-state index contributed by atoms with van der Waals surface area (Å²) in [4.78, 5) is 11.7. The lowest BCUT2D eigenvalue weighted by molar-refractivity contribution is -0.124. The van der Waals surface area contributed by atoms with E-state index in [1.807, 2.05) is 0 Å². The van der Waals surface area contributed by atoms with E-state index in [1.54, 1.807) is 0 Å². The molecule has 20 heavy (non-hydrogen) atoms. The van der Waals surface area contributed by atoms with Gasteiger partial charge in [-0.1, -0.05) is 11.6 Å². The Hall–Kier alpha value is -1.33. The summed E-state index contributed by atoms with van der Waals surface area (Å²) in [6, 6.07) is 4.49. The van der Waals surface area contributed by atoms with Crippen LogP contribution in [0.1, 0.15) is 25.7 Å². The number of ether oxygens (including phenoxy) is 1. The Kier molecular flexibility index (Phi) is 5.20. The normalized spacial score (nSPS) is 22.4. The quantitative estimate of drug-likeness (QED) is 0.896. The summed E-state index contributed by atoms with van der Waals surface area (Å²) in [5.74, 6) is -0.487. The van der Waals surface area contributed by atoms with Crippen LogP contribution in [0.5, 0.6) is 5.75 Å². The lowest BCUT2D eigenvalue weighted by atomic mass is 9.92. The van der Waals surface area contributed by atoms with Crippen LogP contribution in [-0.4, -0.2) is 24.6 Å². The fourth-order valence-electron chi connectivity index (χ4n) is 2.25. The van der Waals surface area contributed by atoms with Crippen LogP contribution < -0.4 is 15.8 Å². The maximum absolute atomic E-state index is 13.2. The van der Waals surface area contributed by atoms with Crippen LogP contribution >= 0.6 is 11.6 Å². The number of rotatable bonds is 4. The van der Waals surface area contributed by atoms with Gasteiger partial charge >= 0.3 is 0 Å². The standard InChI is InChI=1S/C14H18ClFN2O2/c15-12-6-5-11(7-13(12)16)20-8-14(19)18-10-3-1-9(17)2-4-10/h5-7,9-10H,1-4,8,17H2,(H,18,19)/t9-,10-. The largest absolute Gasteiger partial charge is 0.484 e. The lowest BCUT2D eigenvalue weighted by Gasteiger charge is -2.26. The van der Waals surface area contributed by atoms with E-state index in [-0.39, 0.29) is 35.4 Å². The SMILES string of the molecule is N[C@H]1CC[C@H](NC(=O)COc2ccc(Cl)c(F)c2)CC1. The molecule has 110 valence electrons. The molecule has 1 amide bonds. The Labute approximate surface area is 122 Å². The van der Waals surface area contributed by atoms with Crippen LogP contribution in [0.3, 0.4) is 0 Å². The van der Waals surface area contributed by atoms with Gasteiger partial charge in [0.15, 0.2) is 6.61 Å². The van der Waals surface area contributed by atoms with Crippen molar-refractivity contribution < 1.29 is 13.9 Å². The summed E-state index contributed by atoms with van der Waals surface area (Å²) in [6.45, 7) is -0.135. The zero-order valence-corrected chi connectivity index (χ0v) is 11.8. The van der Waals surface area contributed by atoms with Crippen molar-refractivity contribution in [2.75, 3.05) is 6.61 Å². The number of halogens is 2. The van der Waals surface area contributed by atoms with E-state index in [0.29, 0.717) is 0 Å². The Morgan fingerprint density at radius 2 is 2.10 bits per heavy atom. The molecule has 0 aromatic heterocycles. The molecule has 0 unspecified atom stereocenters. The zero-order valence-electron chi connectivity index (χ0n) is 11.1. The number of nitrogens with two attached hydrogens (primary N) is 1. The molecule has 0 radical (unpaired) electrons. The molecular weight excluding hydrogens is 283 g/mol. The highest BCUT2D eigenvalue weighted by atomic mass is 35.5. The Morgan fingerprint density at radius 3 is 2.75 bits per heavy atom. The highest BCUT2D eigenvalue weighted by molar-refractivity contribution is 6.30. The third kappa shape index (κ3) is 4.35. The third-order valence-corrected chi connectivity index (χ3v) is 3.70. The highest BCUT2D eigenvalue weighted by Crippen LogP contribution is 2.20. The molecule has 1 saturated carbocycles. The fourth-order valence-corrected chi connectivity index (χ4v) is 2.37. The smallest absolute Gasteiger partial charge is 0.258 e. The second kappa shape index (κ2) is 6.90. The Morgan fingerprint density at radius 1 is 1.40 bits per heavy atom. The summed E-state index contributed by atoms with van der Waals surface area (Å²) in [5, 5.41) is 2.92. The fraction of sp³-hybridized carbons (Fsp3) is 0.500. The van der Waals surface area contributed by atoms with Crippen molar-refractivity contribution in [1.29, 1.82) is 0 Å². The number of carbonyl (C=O) groups is 1. The average Bonchev–Trinajstić information content (AvgIpc) is 2.43. The van der Waals surface area contributed by atoms with Crippen LogP contribution in [-0.2, 0) is 4.79 Å². The second-order valence-corrected chi connectivity index (χ2v) is 5.45. The molecule has 0 atom stereocenters. The van der Waals surface area contributed by atoms with Crippen molar-refractivity contribution in [1.82, 2.24) is 5.32 Å². The number of amides is 1. The van der Waals surface area contributed by atoms with E-state index in [0.717, 1.165) is 31.7 Å². The summed E-state index contributed by atoms with van der Waals surface area (Å²) in [7, 11) is 0. The lowest BCUT2D eigenvalue weighted by Crippen LogP contribution is -2.42. The van der Waals surface area contributed by atoms with Gasteiger partial charge in [-0.3, -0.25) is 4.79 Å². The topological polar surface area (TPSA) is 64.3 Å². The van der Waals surface area contributed by atoms with Crippen molar-refractivity contribution in [3.05, 3.63) is 29.0 Å². The Bertz CT molecular complexity index is 476. The van der Waals surface area contributed by atoms with E-state index in [1.165, 1.54) is 12.1 Å². The number of nitrogens with one attached hydrogen (secondary N) is 1. The first kappa shape index (κ1) is 15.1. The summed E-state index contributed by atoms with van der Waals surface area (Å²) < 4.78 is 18.4. The highest BCUT2D eigenvalue weighted by Gasteiger charge is 2.20. The maximum atomic E-state index is 13.2. The van der Waals surface area contributed by atoms with Gasteiger partial charge in [-0.15, -0.1) is 0 Å². The molecule has 4 nitrogen and oxygen atoms in total. The molecular formula is C14H18ClFN2O2. The minimum absolute atomic E-state index is 0.0281. The summed E-state index contributed by atoms with van der Waals surface area (Å²) >= 11 is 5.56. The van der Waals surface area contributed by atoms with Crippen molar-refractivity contribution >= 4 is 17.5 Å². The predicted octanol–water partition coefficient (Wildman–Crippen LogP) is 2.24. The maximum Gasteiger partial charge on any atom is 0.258 e. The molecule has 0 bridgehead atoms. The molecule has 0 spiro atoms. The molecule has 0 heterocycles. The molecule has 1 fully saturated rings. The number of hydrogen-bond acceptors (Lipinski definition) is 3. The van der Waals surface area contributed by atoms with Gasteiger partial charge in [0.2, 0.25) is 0 Å². The van der Waals surface area contributed by atoms with Crippen LogP contribution in [0.2, 0.25) is 5.02 Å². The monoisotopic (exact) mass is 300 g/mol. The molecule has 0 aliphatic heterocycles. The van der Waals surface area contributed by atoms with Crippen molar-refractivity contribution in [2.45, 2.75) is 37.8 Å². The first-order valence-corrected chi connectivity index (χ1v) is 7.05. The van der Waals surface area contributed by atoms with E-state index < -0.39 is 5.82 Å². The number of carbonyl (C=O) groups excluding carboxylic acids is 1. The van der Waals surface area contributed by atoms with E-state index in [9.17, 15) is 9.18 Å². The third-order valence-electron chi connectivity index (χ3n) is 3.40. The van der Waals surface area contributed by atoms with Crippen molar-refractivity contribution in [2.24, 2.45) is 5.73 Å². The van der Waals surface area contributed by atoms with E-state index >= 15 is 0 Å². The van der Waals surface area contributed by atoms with Crippen molar-refractivity contribution in [3.8, 4) is 5.75 Å². The van der Waals surface area contributed by atoms with Gasteiger partial charge in [-0.25, -0.2) is 4.39 Å². The van der Waals surface area contributed by atoms with Gasteiger partial charge in [0, 0.05) is 18.2 Å². The van der Waals surface area contributed by atoms with Gasteiger partial charge in [-0.05, 0) is 37.8 Å².